The van der Waals surface area contributed by atoms with Gasteiger partial charge in [-0.3, -0.25) is 0 Å². The molecule has 0 radical (unpaired) electrons. The number of thiophene rings is 1. The molecule has 1 aliphatic heterocycles. The van der Waals surface area contributed by atoms with Crippen molar-refractivity contribution >= 4 is 32.7 Å². The maximum atomic E-state index is 11.9. The van der Waals surface area contributed by atoms with Crippen molar-refractivity contribution in [2.24, 2.45) is 0 Å². The van der Waals surface area contributed by atoms with Crippen LogP contribution in [0.25, 0.3) is 5.57 Å². The minimum absolute atomic E-state index is 0.265. The van der Waals surface area contributed by atoms with Crippen molar-refractivity contribution < 1.29 is 17.9 Å². The zero-order valence-electron chi connectivity index (χ0n) is 11.9. The monoisotopic (exact) mass is 334 g/mol. The molecule has 22 heavy (non-hydrogen) atoms. The van der Waals surface area contributed by atoms with Crippen LogP contribution in [0.1, 0.15) is 16.9 Å². The van der Waals surface area contributed by atoms with E-state index in [0.717, 1.165) is 16.0 Å². The van der Waals surface area contributed by atoms with E-state index in [2.05, 4.69) is 0 Å². The lowest BCUT2D eigenvalue weighted by Gasteiger charge is -2.09. The second-order valence-corrected chi connectivity index (χ2v) is 7.98. The standard InChI is InChI=1S/C16H14O4S2/c1-22(18,19)12-6-4-11(5-7-12)15(14-3-2-10-21-14)13-8-9-20-16(13)17/h2-7,10H,8-9H2,1H3/b15-13+. The van der Waals surface area contributed by atoms with Gasteiger partial charge in [0.05, 0.1) is 11.5 Å². The largest absolute Gasteiger partial charge is 0.462 e. The van der Waals surface area contributed by atoms with Crippen LogP contribution in [0.4, 0.5) is 0 Å². The van der Waals surface area contributed by atoms with Gasteiger partial charge in [0.1, 0.15) is 0 Å². The lowest BCUT2D eigenvalue weighted by Crippen LogP contribution is -2.01. The van der Waals surface area contributed by atoms with E-state index < -0.39 is 9.84 Å². The number of carbonyl (C=O) groups excluding carboxylic acids is 1. The third-order valence-electron chi connectivity index (χ3n) is 3.47. The average Bonchev–Trinajstić information content (AvgIpc) is 3.12. The molecule has 3 rings (SSSR count). The zero-order chi connectivity index (χ0) is 15.7. The summed E-state index contributed by atoms with van der Waals surface area (Å²) in [7, 11) is -3.23. The van der Waals surface area contributed by atoms with E-state index in [1.54, 1.807) is 35.6 Å². The van der Waals surface area contributed by atoms with E-state index in [4.69, 9.17) is 4.74 Å². The Balaban J connectivity index is 2.14. The maximum absolute atomic E-state index is 11.9. The van der Waals surface area contributed by atoms with Gasteiger partial charge in [0, 0.05) is 28.7 Å². The summed E-state index contributed by atoms with van der Waals surface area (Å²) in [5.41, 5.74) is 2.30. The lowest BCUT2D eigenvalue weighted by atomic mass is 9.97. The van der Waals surface area contributed by atoms with Gasteiger partial charge in [-0.15, -0.1) is 11.3 Å². The fourth-order valence-electron chi connectivity index (χ4n) is 2.42. The van der Waals surface area contributed by atoms with E-state index in [-0.39, 0.29) is 10.9 Å². The van der Waals surface area contributed by atoms with Crippen LogP contribution in [0.15, 0.2) is 52.2 Å². The maximum Gasteiger partial charge on any atom is 0.334 e. The van der Waals surface area contributed by atoms with Crippen molar-refractivity contribution in [2.45, 2.75) is 11.3 Å². The van der Waals surface area contributed by atoms with E-state index in [9.17, 15) is 13.2 Å². The molecule has 0 bridgehead atoms. The smallest absolute Gasteiger partial charge is 0.334 e. The summed E-state index contributed by atoms with van der Waals surface area (Å²) >= 11 is 1.54. The second-order valence-electron chi connectivity index (χ2n) is 5.01. The number of carbonyl (C=O) groups is 1. The highest BCUT2D eigenvalue weighted by molar-refractivity contribution is 7.90. The van der Waals surface area contributed by atoms with Crippen molar-refractivity contribution in [3.8, 4) is 0 Å². The first-order valence-corrected chi connectivity index (χ1v) is 9.48. The summed E-state index contributed by atoms with van der Waals surface area (Å²) in [6.45, 7) is 0.393. The molecule has 1 saturated heterocycles. The number of cyclic esters (lactones) is 1. The summed E-state index contributed by atoms with van der Waals surface area (Å²) in [6, 6.07) is 10.5. The van der Waals surface area contributed by atoms with Gasteiger partial charge in [-0.1, -0.05) is 18.2 Å². The fraction of sp³-hybridized carbons (Fsp3) is 0.188. The van der Waals surface area contributed by atoms with Crippen LogP contribution in [0.5, 0.6) is 0 Å². The highest BCUT2D eigenvalue weighted by Crippen LogP contribution is 2.34. The van der Waals surface area contributed by atoms with Gasteiger partial charge in [-0.25, -0.2) is 13.2 Å². The number of sulfone groups is 1. The lowest BCUT2D eigenvalue weighted by molar-refractivity contribution is -0.135. The molecule has 0 atom stereocenters. The highest BCUT2D eigenvalue weighted by atomic mass is 32.2. The first kappa shape index (κ1) is 15.0. The van der Waals surface area contributed by atoms with Crippen molar-refractivity contribution in [1.29, 1.82) is 0 Å². The van der Waals surface area contributed by atoms with Crippen LogP contribution in [0.3, 0.4) is 0 Å². The molecule has 1 aliphatic rings. The predicted octanol–water partition coefficient (Wildman–Crippen LogP) is 2.90. The molecule has 1 aromatic heterocycles. The Morgan fingerprint density at radius 1 is 1.18 bits per heavy atom. The Hall–Kier alpha value is -1.92. The van der Waals surface area contributed by atoms with E-state index in [1.807, 2.05) is 17.5 Å². The van der Waals surface area contributed by atoms with Crippen molar-refractivity contribution in [3.63, 3.8) is 0 Å². The van der Waals surface area contributed by atoms with E-state index >= 15 is 0 Å². The third-order valence-corrected chi connectivity index (χ3v) is 5.49. The molecule has 6 heteroatoms. The molecule has 0 spiro atoms. The number of hydrogen-bond acceptors (Lipinski definition) is 5. The summed E-state index contributed by atoms with van der Waals surface area (Å²) in [5.74, 6) is -0.296. The zero-order valence-corrected chi connectivity index (χ0v) is 13.5. The van der Waals surface area contributed by atoms with Gasteiger partial charge >= 0.3 is 5.97 Å². The third kappa shape index (κ3) is 2.84. The summed E-state index contributed by atoms with van der Waals surface area (Å²) < 4.78 is 28.2. The molecule has 2 aromatic rings. The van der Waals surface area contributed by atoms with Crippen LogP contribution < -0.4 is 0 Å². The Labute approximate surface area is 133 Å². The van der Waals surface area contributed by atoms with Gasteiger partial charge < -0.3 is 4.74 Å². The molecule has 1 aromatic carbocycles. The second kappa shape index (κ2) is 5.70. The van der Waals surface area contributed by atoms with Crippen LogP contribution in [-0.2, 0) is 19.4 Å². The summed E-state index contributed by atoms with van der Waals surface area (Å²) in [6.07, 6.45) is 1.74. The van der Waals surface area contributed by atoms with Gasteiger partial charge in [0.25, 0.3) is 0 Å². The summed E-state index contributed by atoms with van der Waals surface area (Å²) in [5, 5.41) is 1.95. The van der Waals surface area contributed by atoms with Crippen LogP contribution in [0.2, 0.25) is 0 Å². The molecule has 1 fully saturated rings. The molecular weight excluding hydrogens is 320 g/mol. The predicted molar refractivity (Wildman–Crippen MR) is 85.5 cm³/mol. The molecule has 0 amide bonds. The van der Waals surface area contributed by atoms with Crippen molar-refractivity contribution in [3.05, 3.63) is 57.8 Å². The quantitative estimate of drug-likeness (QED) is 0.640. The van der Waals surface area contributed by atoms with E-state index in [1.165, 1.54) is 6.26 Å². The first-order valence-electron chi connectivity index (χ1n) is 6.71. The number of ether oxygens (including phenoxy) is 1. The number of benzene rings is 1. The van der Waals surface area contributed by atoms with Gasteiger partial charge in [0.15, 0.2) is 9.84 Å². The molecule has 4 nitrogen and oxygen atoms in total. The highest BCUT2D eigenvalue weighted by Gasteiger charge is 2.25. The number of hydrogen-bond donors (Lipinski definition) is 0. The molecule has 0 unspecified atom stereocenters. The Morgan fingerprint density at radius 2 is 1.91 bits per heavy atom. The van der Waals surface area contributed by atoms with Crippen molar-refractivity contribution in [1.82, 2.24) is 0 Å². The molecule has 0 aliphatic carbocycles. The van der Waals surface area contributed by atoms with Crippen molar-refractivity contribution in [2.75, 3.05) is 12.9 Å². The molecule has 0 N–H and O–H groups in total. The van der Waals surface area contributed by atoms with Gasteiger partial charge in [0.2, 0.25) is 0 Å². The van der Waals surface area contributed by atoms with Gasteiger partial charge in [-0.05, 0) is 29.1 Å². The Morgan fingerprint density at radius 3 is 2.41 bits per heavy atom. The van der Waals surface area contributed by atoms with Gasteiger partial charge in [-0.2, -0.15) is 0 Å². The van der Waals surface area contributed by atoms with Crippen LogP contribution in [0, 0.1) is 0 Å². The fourth-order valence-corrected chi connectivity index (χ4v) is 3.87. The summed E-state index contributed by atoms with van der Waals surface area (Å²) in [4.78, 5) is 13.2. The molecule has 114 valence electrons. The normalized spacial score (nSPS) is 17.4. The van der Waals surface area contributed by atoms with E-state index in [0.29, 0.717) is 18.6 Å². The average molecular weight is 334 g/mol. The Kier molecular flexibility index (Phi) is 3.88. The van der Waals surface area contributed by atoms with Crippen LogP contribution >= 0.6 is 11.3 Å². The molecule has 2 heterocycles. The molecular formula is C16H14O4S2. The minimum atomic E-state index is -3.23. The van der Waals surface area contributed by atoms with Crippen LogP contribution in [-0.4, -0.2) is 27.2 Å². The number of rotatable bonds is 3. The SMILES string of the molecule is CS(=O)(=O)c1ccc(/C(=C2/CCOC2=O)c2cccs2)cc1. The first-order chi connectivity index (χ1) is 10.5. The minimum Gasteiger partial charge on any atom is -0.462 e. The number of esters is 1. The topological polar surface area (TPSA) is 60.4 Å². The molecule has 0 saturated carbocycles. The Bertz CT molecular complexity index is 829.